The Morgan fingerprint density at radius 3 is 2.40 bits per heavy atom. The number of Topliss-reactive ketones (excluding diaryl/α,β-unsaturated/α-hetero) is 1. The lowest BCUT2D eigenvalue weighted by Crippen LogP contribution is -2.27. The topological polar surface area (TPSA) is 49.4 Å². The maximum atomic E-state index is 12.7. The molecule has 0 heterocycles. The highest BCUT2D eigenvalue weighted by Gasteiger charge is 2.07. The molecule has 1 N–H and O–H groups in total. The first-order valence-corrected chi connectivity index (χ1v) is 6.71. The molecule has 0 aliphatic heterocycles. The molecule has 0 bridgehead atoms. The van der Waals surface area contributed by atoms with Crippen LogP contribution in [0.25, 0.3) is 0 Å². The molecular formula is C15H21FN2O2. The number of carbonyl (C=O) groups excluding carboxylic acids is 2. The lowest BCUT2D eigenvalue weighted by Gasteiger charge is -2.15. The molecule has 110 valence electrons. The second kappa shape index (κ2) is 8.43. The van der Waals surface area contributed by atoms with Crippen LogP contribution in [0.4, 0.5) is 4.39 Å². The second-order valence-electron chi connectivity index (χ2n) is 4.76. The lowest BCUT2D eigenvalue weighted by molar-refractivity contribution is -0.120. The van der Waals surface area contributed by atoms with Gasteiger partial charge in [-0.3, -0.25) is 9.59 Å². The number of halogens is 1. The van der Waals surface area contributed by atoms with Gasteiger partial charge in [0, 0.05) is 32.0 Å². The summed E-state index contributed by atoms with van der Waals surface area (Å²) in [5.74, 6) is -0.306. The molecule has 1 aromatic carbocycles. The van der Waals surface area contributed by atoms with Crippen LogP contribution in [0.2, 0.25) is 0 Å². The van der Waals surface area contributed by atoms with Crippen molar-refractivity contribution < 1.29 is 14.0 Å². The van der Waals surface area contributed by atoms with E-state index in [1.54, 1.807) is 7.05 Å². The van der Waals surface area contributed by atoms with Crippen LogP contribution in [0, 0.1) is 5.82 Å². The molecule has 0 spiro atoms. The van der Waals surface area contributed by atoms with E-state index < -0.39 is 0 Å². The van der Waals surface area contributed by atoms with Gasteiger partial charge in [-0.05, 0) is 44.3 Å². The fraction of sp³-hybridized carbons (Fsp3) is 0.467. The fourth-order valence-corrected chi connectivity index (χ4v) is 1.82. The number of carbonyl (C=O) groups is 2. The number of benzene rings is 1. The van der Waals surface area contributed by atoms with Crippen LogP contribution < -0.4 is 5.32 Å². The van der Waals surface area contributed by atoms with Gasteiger partial charge in [-0.15, -0.1) is 0 Å². The van der Waals surface area contributed by atoms with Gasteiger partial charge in [0.2, 0.25) is 5.91 Å². The number of nitrogens with one attached hydrogen (secondary N) is 1. The van der Waals surface area contributed by atoms with Crippen molar-refractivity contribution in [3.8, 4) is 0 Å². The first-order chi connectivity index (χ1) is 9.52. The maximum absolute atomic E-state index is 12.7. The van der Waals surface area contributed by atoms with E-state index in [0.29, 0.717) is 24.9 Å². The van der Waals surface area contributed by atoms with Crippen molar-refractivity contribution in [1.82, 2.24) is 10.2 Å². The van der Waals surface area contributed by atoms with Gasteiger partial charge in [-0.25, -0.2) is 4.39 Å². The summed E-state index contributed by atoms with van der Waals surface area (Å²) in [6.07, 6.45) is 1.61. The van der Waals surface area contributed by atoms with Crippen LogP contribution in [0.15, 0.2) is 24.3 Å². The normalized spacial score (nSPS) is 10.6. The van der Waals surface area contributed by atoms with E-state index in [-0.39, 0.29) is 17.5 Å². The molecule has 0 aliphatic carbocycles. The van der Waals surface area contributed by atoms with Gasteiger partial charge in [0.15, 0.2) is 5.78 Å². The smallest absolute Gasteiger partial charge is 0.221 e. The summed E-state index contributed by atoms with van der Waals surface area (Å²) in [4.78, 5) is 25.0. The third-order valence-corrected chi connectivity index (χ3v) is 3.11. The van der Waals surface area contributed by atoms with Gasteiger partial charge in [0.05, 0.1) is 0 Å². The van der Waals surface area contributed by atoms with Crippen LogP contribution >= 0.6 is 0 Å². The molecule has 0 aromatic heterocycles. The molecule has 4 nitrogen and oxygen atoms in total. The van der Waals surface area contributed by atoms with E-state index in [2.05, 4.69) is 5.32 Å². The van der Waals surface area contributed by atoms with Gasteiger partial charge >= 0.3 is 0 Å². The largest absolute Gasteiger partial charge is 0.359 e. The van der Waals surface area contributed by atoms with E-state index in [4.69, 9.17) is 0 Å². The Morgan fingerprint density at radius 1 is 1.15 bits per heavy atom. The minimum atomic E-state index is -0.338. The average molecular weight is 280 g/mol. The van der Waals surface area contributed by atoms with Gasteiger partial charge in [0.25, 0.3) is 0 Å². The molecule has 5 heteroatoms. The van der Waals surface area contributed by atoms with E-state index in [9.17, 15) is 14.0 Å². The Bertz CT molecular complexity index is 446. The van der Waals surface area contributed by atoms with Crippen LogP contribution in [0.3, 0.4) is 0 Å². The minimum absolute atomic E-state index is 0.0132. The van der Waals surface area contributed by atoms with E-state index in [1.807, 2.05) is 11.9 Å². The molecule has 0 saturated heterocycles. The molecule has 0 atom stereocenters. The summed E-state index contributed by atoms with van der Waals surface area (Å²) in [6, 6.07) is 5.60. The van der Waals surface area contributed by atoms with Crippen LogP contribution in [0.5, 0.6) is 0 Å². The van der Waals surface area contributed by atoms with Gasteiger partial charge in [-0.1, -0.05) is 0 Å². The summed E-state index contributed by atoms with van der Waals surface area (Å²) in [5.41, 5.74) is 0.541. The highest BCUT2D eigenvalue weighted by Crippen LogP contribution is 2.07. The number of rotatable bonds is 8. The van der Waals surface area contributed by atoms with Crippen LogP contribution in [0.1, 0.15) is 29.6 Å². The zero-order chi connectivity index (χ0) is 15.0. The molecule has 20 heavy (non-hydrogen) atoms. The van der Waals surface area contributed by atoms with Crippen LogP contribution in [-0.4, -0.2) is 43.8 Å². The quantitative estimate of drug-likeness (QED) is 0.739. The van der Waals surface area contributed by atoms with Crippen molar-refractivity contribution in [2.75, 3.05) is 27.2 Å². The number of nitrogens with zero attached hydrogens (tertiary/aromatic N) is 1. The van der Waals surface area contributed by atoms with Crippen molar-refractivity contribution in [2.24, 2.45) is 0 Å². The minimum Gasteiger partial charge on any atom is -0.359 e. The SMILES string of the molecule is CNC(=O)CCN(C)CCCC(=O)c1ccc(F)cc1. The van der Waals surface area contributed by atoms with Crippen molar-refractivity contribution in [1.29, 1.82) is 0 Å². The monoisotopic (exact) mass is 280 g/mol. The number of ketones is 1. The summed E-state index contributed by atoms with van der Waals surface area (Å²) in [6.45, 7) is 1.42. The molecular weight excluding hydrogens is 259 g/mol. The predicted molar refractivity (Wildman–Crippen MR) is 76.1 cm³/mol. The fourth-order valence-electron chi connectivity index (χ4n) is 1.82. The van der Waals surface area contributed by atoms with Crippen molar-refractivity contribution in [2.45, 2.75) is 19.3 Å². The summed E-state index contributed by atoms with van der Waals surface area (Å²) >= 11 is 0. The average Bonchev–Trinajstić information content (AvgIpc) is 2.45. The molecule has 0 aliphatic rings. The first-order valence-electron chi connectivity index (χ1n) is 6.71. The van der Waals surface area contributed by atoms with Crippen molar-refractivity contribution >= 4 is 11.7 Å². The Balaban J connectivity index is 2.24. The highest BCUT2D eigenvalue weighted by molar-refractivity contribution is 5.95. The van der Waals surface area contributed by atoms with Gasteiger partial charge in [0.1, 0.15) is 5.82 Å². The van der Waals surface area contributed by atoms with Crippen LogP contribution in [-0.2, 0) is 4.79 Å². The van der Waals surface area contributed by atoms with E-state index in [0.717, 1.165) is 13.0 Å². The molecule has 1 amide bonds. The van der Waals surface area contributed by atoms with E-state index in [1.165, 1.54) is 24.3 Å². The van der Waals surface area contributed by atoms with Crippen molar-refractivity contribution in [3.05, 3.63) is 35.6 Å². The molecule has 1 rings (SSSR count). The second-order valence-corrected chi connectivity index (χ2v) is 4.76. The number of hydrogen-bond acceptors (Lipinski definition) is 3. The lowest BCUT2D eigenvalue weighted by atomic mass is 10.1. The standard InChI is InChI=1S/C15H21FN2O2/c1-17-15(20)9-11-18(2)10-3-4-14(19)12-5-7-13(16)8-6-12/h5-8H,3-4,9-11H2,1-2H3,(H,17,20). The third kappa shape index (κ3) is 5.93. The highest BCUT2D eigenvalue weighted by atomic mass is 19.1. The zero-order valence-electron chi connectivity index (χ0n) is 12.0. The van der Waals surface area contributed by atoms with Crippen molar-refractivity contribution in [3.63, 3.8) is 0 Å². The third-order valence-electron chi connectivity index (χ3n) is 3.11. The zero-order valence-corrected chi connectivity index (χ0v) is 12.0. The Kier molecular flexibility index (Phi) is 6.87. The number of hydrogen-bond donors (Lipinski definition) is 1. The summed E-state index contributed by atoms with van der Waals surface area (Å²) < 4.78 is 12.7. The first kappa shape index (κ1) is 16.3. The Morgan fingerprint density at radius 2 is 1.80 bits per heavy atom. The molecule has 0 fully saturated rings. The van der Waals surface area contributed by atoms with Gasteiger partial charge < -0.3 is 10.2 Å². The summed E-state index contributed by atoms with van der Waals surface area (Å²) in [7, 11) is 3.54. The molecule has 0 radical (unpaired) electrons. The summed E-state index contributed by atoms with van der Waals surface area (Å²) in [5, 5.41) is 2.57. The number of amides is 1. The molecule has 0 unspecified atom stereocenters. The van der Waals surface area contributed by atoms with E-state index >= 15 is 0 Å². The predicted octanol–water partition coefficient (Wildman–Crippen LogP) is 1.86. The van der Waals surface area contributed by atoms with Gasteiger partial charge in [-0.2, -0.15) is 0 Å². The maximum Gasteiger partial charge on any atom is 0.221 e. The molecule has 1 aromatic rings. The Hall–Kier alpha value is -1.75. The Labute approximate surface area is 119 Å². The molecule has 0 saturated carbocycles.